The Morgan fingerprint density at radius 2 is 1.89 bits per heavy atom. The standard InChI is InChI=1S/C15H21NO2/c1-5-12(11-9-7-6-8-10-11)13(16)14(17)18-15(2,3)4/h5-10,12-13H,1,16H2,2-4H3/t12-,13+/m0/s1. The second-order valence-corrected chi connectivity index (χ2v) is 5.23. The molecule has 0 aliphatic heterocycles. The molecule has 1 rings (SSSR count). The number of hydrogen-bond acceptors (Lipinski definition) is 3. The van der Waals surface area contributed by atoms with Crippen LogP contribution in [0.1, 0.15) is 32.3 Å². The molecule has 0 saturated carbocycles. The molecule has 0 spiro atoms. The van der Waals surface area contributed by atoms with Crippen LogP contribution in [0.15, 0.2) is 43.0 Å². The third-order valence-electron chi connectivity index (χ3n) is 2.50. The smallest absolute Gasteiger partial charge is 0.324 e. The zero-order valence-electron chi connectivity index (χ0n) is 11.2. The number of rotatable bonds is 4. The molecule has 0 amide bonds. The first kappa shape index (κ1) is 14.5. The number of nitrogens with two attached hydrogens (primary N) is 1. The Bertz CT molecular complexity index is 406. The van der Waals surface area contributed by atoms with Crippen molar-refractivity contribution in [2.24, 2.45) is 5.73 Å². The van der Waals surface area contributed by atoms with Gasteiger partial charge in [-0.1, -0.05) is 36.4 Å². The van der Waals surface area contributed by atoms with Gasteiger partial charge in [0.15, 0.2) is 0 Å². The topological polar surface area (TPSA) is 52.3 Å². The van der Waals surface area contributed by atoms with Crippen LogP contribution >= 0.6 is 0 Å². The molecule has 2 atom stereocenters. The van der Waals surface area contributed by atoms with Crippen molar-refractivity contribution in [3.8, 4) is 0 Å². The van der Waals surface area contributed by atoms with Gasteiger partial charge in [0.2, 0.25) is 0 Å². The number of carbonyl (C=O) groups excluding carboxylic acids is 1. The maximum absolute atomic E-state index is 11.9. The Labute approximate surface area is 109 Å². The number of hydrogen-bond donors (Lipinski definition) is 1. The summed E-state index contributed by atoms with van der Waals surface area (Å²) in [6.45, 7) is 9.22. The molecule has 3 nitrogen and oxygen atoms in total. The molecule has 3 heteroatoms. The van der Waals surface area contributed by atoms with E-state index in [4.69, 9.17) is 10.5 Å². The van der Waals surface area contributed by atoms with Crippen LogP contribution in [0.2, 0.25) is 0 Å². The molecule has 0 aliphatic rings. The van der Waals surface area contributed by atoms with Crippen molar-refractivity contribution >= 4 is 5.97 Å². The van der Waals surface area contributed by atoms with Crippen molar-refractivity contribution < 1.29 is 9.53 Å². The summed E-state index contributed by atoms with van der Waals surface area (Å²) in [6.07, 6.45) is 1.68. The lowest BCUT2D eigenvalue weighted by Gasteiger charge is -2.25. The largest absolute Gasteiger partial charge is 0.459 e. The fourth-order valence-electron chi connectivity index (χ4n) is 1.68. The normalized spacial score (nSPS) is 14.7. The molecule has 0 fully saturated rings. The molecule has 0 aromatic heterocycles. The van der Waals surface area contributed by atoms with E-state index in [1.807, 2.05) is 51.1 Å². The van der Waals surface area contributed by atoms with E-state index in [-0.39, 0.29) is 5.92 Å². The molecule has 0 heterocycles. The second kappa shape index (κ2) is 5.83. The predicted molar refractivity (Wildman–Crippen MR) is 73.2 cm³/mol. The van der Waals surface area contributed by atoms with Crippen LogP contribution in [-0.2, 0) is 9.53 Å². The molecule has 98 valence electrons. The third kappa shape index (κ3) is 4.00. The van der Waals surface area contributed by atoms with Gasteiger partial charge in [-0.15, -0.1) is 6.58 Å². The zero-order valence-corrected chi connectivity index (χ0v) is 11.2. The molecular weight excluding hydrogens is 226 g/mol. The van der Waals surface area contributed by atoms with Crippen molar-refractivity contribution in [3.63, 3.8) is 0 Å². The first-order valence-electron chi connectivity index (χ1n) is 6.01. The van der Waals surface area contributed by atoms with Crippen molar-refractivity contribution in [2.45, 2.75) is 38.3 Å². The van der Waals surface area contributed by atoms with Crippen LogP contribution in [-0.4, -0.2) is 17.6 Å². The Balaban J connectivity index is 2.84. The molecule has 1 aromatic rings. The minimum atomic E-state index is -0.732. The molecule has 0 bridgehead atoms. The van der Waals surface area contributed by atoms with Crippen LogP contribution < -0.4 is 5.73 Å². The van der Waals surface area contributed by atoms with Crippen LogP contribution in [0.4, 0.5) is 0 Å². The van der Waals surface area contributed by atoms with Crippen LogP contribution in [0.3, 0.4) is 0 Å². The van der Waals surface area contributed by atoms with E-state index in [1.165, 1.54) is 0 Å². The third-order valence-corrected chi connectivity index (χ3v) is 2.50. The summed E-state index contributed by atoms with van der Waals surface area (Å²) >= 11 is 0. The highest BCUT2D eigenvalue weighted by molar-refractivity contribution is 5.77. The number of esters is 1. The molecule has 0 radical (unpaired) electrons. The Kier molecular flexibility index (Phi) is 4.68. The summed E-state index contributed by atoms with van der Waals surface area (Å²) in [5.41, 5.74) is 6.40. The average molecular weight is 247 g/mol. The molecular formula is C15H21NO2. The summed E-state index contributed by atoms with van der Waals surface area (Å²) in [5, 5.41) is 0. The second-order valence-electron chi connectivity index (χ2n) is 5.23. The van der Waals surface area contributed by atoms with Gasteiger partial charge >= 0.3 is 5.97 Å². The van der Waals surface area contributed by atoms with Gasteiger partial charge in [-0.05, 0) is 26.3 Å². The molecule has 0 unspecified atom stereocenters. The van der Waals surface area contributed by atoms with Gasteiger partial charge < -0.3 is 10.5 Å². The number of carbonyl (C=O) groups is 1. The first-order valence-corrected chi connectivity index (χ1v) is 6.01. The zero-order chi connectivity index (χ0) is 13.8. The predicted octanol–water partition coefficient (Wildman–Crippen LogP) is 2.63. The monoisotopic (exact) mass is 247 g/mol. The summed E-state index contributed by atoms with van der Waals surface area (Å²) in [4.78, 5) is 11.9. The van der Waals surface area contributed by atoms with E-state index in [0.29, 0.717) is 0 Å². The van der Waals surface area contributed by atoms with Gasteiger partial charge in [0, 0.05) is 5.92 Å². The lowest BCUT2D eigenvalue weighted by molar-refractivity contribution is -0.156. The average Bonchev–Trinajstić information content (AvgIpc) is 2.29. The molecule has 18 heavy (non-hydrogen) atoms. The summed E-state index contributed by atoms with van der Waals surface area (Å²) in [5.74, 6) is -0.641. The molecule has 1 aromatic carbocycles. The molecule has 0 aliphatic carbocycles. The Morgan fingerprint density at radius 1 is 1.33 bits per heavy atom. The van der Waals surface area contributed by atoms with Crippen molar-refractivity contribution in [2.75, 3.05) is 0 Å². The number of benzene rings is 1. The van der Waals surface area contributed by atoms with E-state index in [9.17, 15) is 4.79 Å². The highest BCUT2D eigenvalue weighted by Crippen LogP contribution is 2.21. The van der Waals surface area contributed by atoms with Crippen molar-refractivity contribution in [1.29, 1.82) is 0 Å². The maximum atomic E-state index is 11.9. The van der Waals surface area contributed by atoms with E-state index < -0.39 is 17.6 Å². The van der Waals surface area contributed by atoms with Crippen LogP contribution in [0.5, 0.6) is 0 Å². The van der Waals surface area contributed by atoms with Gasteiger partial charge in [-0.3, -0.25) is 4.79 Å². The van der Waals surface area contributed by atoms with Gasteiger partial charge in [-0.25, -0.2) is 0 Å². The van der Waals surface area contributed by atoms with E-state index in [2.05, 4.69) is 6.58 Å². The molecule has 2 N–H and O–H groups in total. The Morgan fingerprint density at radius 3 is 2.33 bits per heavy atom. The van der Waals surface area contributed by atoms with Crippen molar-refractivity contribution in [1.82, 2.24) is 0 Å². The summed E-state index contributed by atoms with van der Waals surface area (Å²) in [7, 11) is 0. The fourth-order valence-corrected chi connectivity index (χ4v) is 1.68. The quantitative estimate of drug-likeness (QED) is 0.657. The van der Waals surface area contributed by atoms with E-state index in [1.54, 1.807) is 6.08 Å². The Hall–Kier alpha value is -1.61. The highest BCUT2D eigenvalue weighted by atomic mass is 16.6. The minimum Gasteiger partial charge on any atom is -0.459 e. The van der Waals surface area contributed by atoms with Crippen LogP contribution in [0.25, 0.3) is 0 Å². The van der Waals surface area contributed by atoms with E-state index >= 15 is 0 Å². The van der Waals surface area contributed by atoms with Gasteiger partial charge in [0.25, 0.3) is 0 Å². The van der Waals surface area contributed by atoms with Gasteiger partial charge in [0.05, 0.1) is 0 Å². The lowest BCUT2D eigenvalue weighted by atomic mass is 9.92. The van der Waals surface area contributed by atoms with E-state index in [0.717, 1.165) is 5.56 Å². The SMILES string of the molecule is C=C[C@@H](c1ccccc1)[C@@H](N)C(=O)OC(C)(C)C. The summed E-state index contributed by atoms with van der Waals surface area (Å²) < 4.78 is 5.29. The highest BCUT2D eigenvalue weighted by Gasteiger charge is 2.28. The van der Waals surface area contributed by atoms with Gasteiger partial charge in [-0.2, -0.15) is 0 Å². The number of ether oxygens (including phenoxy) is 1. The maximum Gasteiger partial charge on any atom is 0.324 e. The van der Waals surface area contributed by atoms with Gasteiger partial charge in [0.1, 0.15) is 11.6 Å². The van der Waals surface area contributed by atoms with Crippen LogP contribution in [0, 0.1) is 0 Å². The lowest BCUT2D eigenvalue weighted by Crippen LogP contribution is -2.41. The fraction of sp³-hybridized carbons (Fsp3) is 0.400. The summed E-state index contributed by atoms with van der Waals surface area (Å²) in [6, 6.07) is 8.86. The first-order chi connectivity index (χ1) is 8.35. The molecule has 0 saturated heterocycles. The van der Waals surface area contributed by atoms with Crippen molar-refractivity contribution in [3.05, 3.63) is 48.6 Å². The minimum absolute atomic E-state index is 0.235.